The van der Waals surface area contributed by atoms with Crippen LogP contribution in [-0.2, 0) is 0 Å². The Bertz CT molecular complexity index is 258. The van der Waals surface area contributed by atoms with Crippen LogP contribution in [0.4, 0.5) is 0 Å². The van der Waals surface area contributed by atoms with Crippen LogP contribution < -0.4 is 0 Å². The van der Waals surface area contributed by atoms with Crippen molar-refractivity contribution in [2.45, 2.75) is 123 Å². The van der Waals surface area contributed by atoms with Gasteiger partial charge in [0, 0.05) is 0 Å². The number of rotatable bonds is 14. The molecule has 0 saturated heterocycles. The third kappa shape index (κ3) is 5.00. The lowest BCUT2D eigenvalue weighted by atomic mass is 9.88. The molecule has 0 heterocycles. The van der Waals surface area contributed by atoms with Crippen LogP contribution in [0.3, 0.4) is 0 Å². The summed E-state index contributed by atoms with van der Waals surface area (Å²) < 4.78 is 0. The van der Waals surface area contributed by atoms with Crippen LogP contribution in [0.2, 0.25) is 0 Å². The second-order valence-corrected chi connectivity index (χ2v) is 8.27. The molecule has 0 aromatic heterocycles. The molecule has 0 N–H and O–H groups in total. The molecule has 2 fully saturated rings. The maximum Gasteiger partial charge on any atom is -0.0235 e. The highest BCUT2D eigenvalue weighted by molar-refractivity contribution is 5.21. The van der Waals surface area contributed by atoms with Gasteiger partial charge in [0.15, 0.2) is 0 Å². The molecule has 2 rings (SSSR count). The van der Waals surface area contributed by atoms with Gasteiger partial charge in [0.2, 0.25) is 0 Å². The van der Waals surface area contributed by atoms with E-state index in [0.29, 0.717) is 0 Å². The van der Waals surface area contributed by atoms with E-state index in [9.17, 15) is 0 Å². The predicted octanol–water partition coefficient (Wildman–Crippen LogP) is 7.66. The zero-order valence-electron chi connectivity index (χ0n) is 15.0. The fourth-order valence-electron chi connectivity index (χ4n) is 4.78. The van der Waals surface area contributed by atoms with Crippen LogP contribution in [0.5, 0.6) is 0 Å². The van der Waals surface area contributed by atoms with Gasteiger partial charge in [0.05, 0.1) is 0 Å². The average molecular weight is 293 g/mol. The minimum atomic E-state index is 0.850. The fraction of sp³-hybridized carbons (Fsp3) is 1.00. The molecule has 0 unspecified atom stereocenters. The molecule has 1 spiro atoms. The monoisotopic (exact) mass is 292 g/mol. The average Bonchev–Trinajstić information content (AvgIpc) is 3.38. The normalized spacial score (nSPS) is 20.9. The highest BCUT2D eigenvalue weighted by Gasteiger charge is 2.71. The van der Waals surface area contributed by atoms with Gasteiger partial charge in [0.1, 0.15) is 0 Å². The smallest absolute Gasteiger partial charge is 0.0235 e. The molecular weight excluding hydrogens is 252 g/mol. The first-order chi connectivity index (χ1) is 10.3. The third-order valence-electron chi connectivity index (χ3n) is 6.55. The molecular formula is C21H40. The topological polar surface area (TPSA) is 0 Å². The van der Waals surface area contributed by atoms with Gasteiger partial charge in [-0.25, -0.2) is 0 Å². The van der Waals surface area contributed by atoms with Crippen molar-refractivity contribution in [3.63, 3.8) is 0 Å². The maximum absolute atomic E-state index is 2.32. The van der Waals surface area contributed by atoms with E-state index in [0.717, 1.165) is 10.8 Å². The predicted molar refractivity (Wildman–Crippen MR) is 94.7 cm³/mol. The first-order valence-corrected chi connectivity index (χ1v) is 10.3. The van der Waals surface area contributed by atoms with E-state index in [1.807, 2.05) is 0 Å². The quantitative estimate of drug-likeness (QED) is 0.288. The molecule has 0 amide bonds. The maximum atomic E-state index is 2.32. The summed E-state index contributed by atoms with van der Waals surface area (Å²) in [6.45, 7) is 4.63. The SMILES string of the molecule is CCCCCCCCC1(CCCCCCCC)CC12CC2. The summed E-state index contributed by atoms with van der Waals surface area (Å²) in [5.74, 6) is 0. The molecule has 2 saturated carbocycles. The Kier molecular flexibility index (Phi) is 7.10. The largest absolute Gasteiger partial charge is 0.0654 e. The van der Waals surface area contributed by atoms with E-state index in [1.165, 1.54) is 77.0 Å². The van der Waals surface area contributed by atoms with Crippen LogP contribution in [0, 0.1) is 10.8 Å². The second kappa shape index (κ2) is 8.59. The molecule has 0 aromatic carbocycles. The minimum Gasteiger partial charge on any atom is -0.0654 e. The van der Waals surface area contributed by atoms with Crippen LogP contribution in [0.1, 0.15) is 123 Å². The Morgan fingerprint density at radius 3 is 1.38 bits per heavy atom. The van der Waals surface area contributed by atoms with E-state index in [4.69, 9.17) is 0 Å². The zero-order chi connectivity index (χ0) is 15.0. The van der Waals surface area contributed by atoms with E-state index >= 15 is 0 Å². The number of unbranched alkanes of at least 4 members (excludes halogenated alkanes) is 10. The number of hydrogen-bond donors (Lipinski definition) is 0. The molecule has 0 bridgehead atoms. The van der Waals surface area contributed by atoms with Gasteiger partial charge < -0.3 is 0 Å². The van der Waals surface area contributed by atoms with Gasteiger partial charge >= 0.3 is 0 Å². The molecule has 0 radical (unpaired) electrons. The van der Waals surface area contributed by atoms with Crippen molar-refractivity contribution in [2.75, 3.05) is 0 Å². The van der Waals surface area contributed by atoms with Gasteiger partial charge in [-0.2, -0.15) is 0 Å². The van der Waals surface area contributed by atoms with Gasteiger partial charge in [0.25, 0.3) is 0 Å². The highest BCUT2D eigenvalue weighted by atomic mass is 14.8. The zero-order valence-corrected chi connectivity index (χ0v) is 15.0. The van der Waals surface area contributed by atoms with Crippen LogP contribution in [-0.4, -0.2) is 0 Å². The van der Waals surface area contributed by atoms with E-state index in [2.05, 4.69) is 13.8 Å². The molecule has 0 aromatic rings. The van der Waals surface area contributed by atoms with Gasteiger partial charge in [-0.1, -0.05) is 90.9 Å². The summed E-state index contributed by atoms with van der Waals surface area (Å²) in [7, 11) is 0. The molecule has 2 aliphatic rings. The van der Waals surface area contributed by atoms with Gasteiger partial charge in [-0.05, 0) is 42.9 Å². The van der Waals surface area contributed by atoms with Crippen molar-refractivity contribution >= 4 is 0 Å². The molecule has 124 valence electrons. The summed E-state index contributed by atoms with van der Waals surface area (Å²) >= 11 is 0. The Morgan fingerprint density at radius 2 is 1.00 bits per heavy atom. The summed E-state index contributed by atoms with van der Waals surface area (Å²) in [5.41, 5.74) is 1.75. The Morgan fingerprint density at radius 1 is 0.571 bits per heavy atom. The van der Waals surface area contributed by atoms with Crippen LogP contribution in [0.15, 0.2) is 0 Å². The van der Waals surface area contributed by atoms with Crippen molar-refractivity contribution in [1.82, 2.24) is 0 Å². The fourth-order valence-corrected chi connectivity index (χ4v) is 4.78. The van der Waals surface area contributed by atoms with E-state index < -0.39 is 0 Å². The molecule has 0 nitrogen and oxygen atoms in total. The molecule has 21 heavy (non-hydrogen) atoms. The Balaban J connectivity index is 1.54. The van der Waals surface area contributed by atoms with E-state index in [-0.39, 0.29) is 0 Å². The highest BCUT2D eigenvalue weighted by Crippen LogP contribution is 2.81. The lowest BCUT2D eigenvalue weighted by Gasteiger charge is -2.17. The van der Waals surface area contributed by atoms with Crippen LogP contribution in [0.25, 0.3) is 0 Å². The van der Waals surface area contributed by atoms with Crippen molar-refractivity contribution in [3.05, 3.63) is 0 Å². The summed E-state index contributed by atoms with van der Waals surface area (Å²) in [5, 5.41) is 0. The Labute approximate surface area is 134 Å². The first kappa shape index (κ1) is 17.4. The summed E-state index contributed by atoms with van der Waals surface area (Å²) in [6, 6.07) is 0. The third-order valence-corrected chi connectivity index (χ3v) is 6.55. The second-order valence-electron chi connectivity index (χ2n) is 8.27. The minimum absolute atomic E-state index is 0.850. The van der Waals surface area contributed by atoms with Crippen molar-refractivity contribution in [1.29, 1.82) is 0 Å². The van der Waals surface area contributed by atoms with Crippen molar-refractivity contribution < 1.29 is 0 Å². The molecule has 0 aliphatic heterocycles. The lowest BCUT2D eigenvalue weighted by Crippen LogP contribution is -2.05. The standard InChI is InChI=1S/C21H40/c1-3-5-7-9-11-13-15-20(19-21(20)17-18-21)16-14-12-10-8-6-4-2/h3-19H2,1-2H3. The number of hydrogen-bond acceptors (Lipinski definition) is 0. The van der Waals surface area contributed by atoms with Gasteiger partial charge in [-0.15, -0.1) is 0 Å². The summed E-state index contributed by atoms with van der Waals surface area (Å²) in [6.07, 6.45) is 25.6. The lowest BCUT2D eigenvalue weighted by molar-refractivity contribution is 0.342. The summed E-state index contributed by atoms with van der Waals surface area (Å²) in [4.78, 5) is 0. The molecule has 2 aliphatic carbocycles. The first-order valence-electron chi connectivity index (χ1n) is 10.3. The van der Waals surface area contributed by atoms with Gasteiger partial charge in [-0.3, -0.25) is 0 Å². The molecule has 0 atom stereocenters. The van der Waals surface area contributed by atoms with Crippen molar-refractivity contribution in [2.24, 2.45) is 10.8 Å². The molecule has 0 heteroatoms. The van der Waals surface area contributed by atoms with Crippen molar-refractivity contribution in [3.8, 4) is 0 Å². The van der Waals surface area contributed by atoms with Crippen LogP contribution >= 0.6 is 0 Å². The Hall–Kier alpha value is 0. The van der Waals surface area contributed by atoms with E-state index in [1.54, 1.807) is 32.1 Å².